The van der Waals surface area contributed by atoms with Gasteiger partial charge in [0.1, 0.15) is 0 Å². The largest absolute Gasteiger partial charge is 0.464 e. The summed E-state index contributed by atoms with van der Waals surface area (Å²) < 4.78 is 9.56. The summed E-state index contributed by atoms with van der Waals surface area (Å²) >= 11 is 1.13. The van der Waals surface area contributed by atoms with Crippen LogP contribution in [0.3, 0.4) is 0 Å². The van der Waals surface area contributed by atoms with E-state index in [0.29, 0.717) is 4.90 Å². The molecule has 1 rings (SSSR count). The van der Waals surface area contributed by atoms with Gasteiger partial charge in [-0.25, -0.2) is 9.59 Å². The molecule has 0 saturated heterocycles. The van der Waals surface area contributed by atoms with Gasteiger partial charge in [0.25, 0.3) is 5.69 Å². The molecule has 0 aliphatic rings. The monoisotopic (exact) mass is 384 g/mol. The fraction of sp³-hybridized carbons (Fsp3) is 0.438. The van der Waals surface area contributed by atoms with E-state index < -0.39 is 34.1 Å². The predicted molar refractivity (Wildman–Crippen MR) is 93.6 cm³/mol. The Balaban J connectivity index is 2.76. The third-order valence-electron chi connectivity index (χ3n) is 3.06. The lowest BCUT2D eigenvalue weighted by Crippen LogP contribution is -2.50. The molecule has 10 heteroatoms. The molecule has 0 aromatic heterocycles. The SMILES string of the molecule is CCOC(=O)C(NC(=O)C(C)Sc1ccc([N+](=O)[O-])cc1)C(=O)OCC. The van der Waals surface area contributed by atoms with Gasteiger partial charge in [-0.1, -0.05) is 0 Å². The third kappa shape index (κ3) is 6.36. The number of ether oxygens (including phenoxy) is 2. The number of esters is 2. The normalized spacial score (nSPS) is 11.5. The molecular formula is C16H20N2O7S. The molecule has 1 unspecified atom stereocenters. The van der Waals surface area contributed by atoms with Crippen LogP contribution in [0, 0.1) is 10.1 Å². The van der Waals surface area contributed by atoms with Gasteiger partial charge < -0.3 is 14.8 Å². The number of thioether (sulfide) groups is 1. The Labute approximate surface area is 154 Å². The molecule has 142 valence electrons. The van der Waals surface area contributed by atoms with Crippen LogP contribution in [0.4, 0.5) is 5.69 Å². The van der Waals surface area contributed by atoms with Gasteiger partial charge in [-0.2, -0.15) is 0 Å². The quantitative estimate of drug-likeness (QED) is 0.224. The van der Waals surface area contributed by atoms with Crippen LogP contribution in [-0.2, 0) is 23.9 Å². The molecule has 0 aliphatic heterocycles. The number of benzene rings is 1. The van der Waals surface area contributed by atoms with E-state index in [2.05, 4.69) is 5.32 Å². The molecule has 0 aliphatic carbocycles. The van der Waals surface area contributed by atoms with E-state index in [1.807, 2.05) is 0 Å². The molecule has 0 heterocycles. The summed E-state index contributed by atoms with van der Waals surface area (Å²) in [6, 6.07) is 4.14. The standard InChI is InChI=1S/C16H20N2O7S/c1-4-24-15(20)13(16(21)25-5-2)17-14(19)10(3)26-12-8-6-11(7-9-12)18(22)23/h6-10,13H,4-5H2,1-3H3,(H,17,19). The summed E-state index contributed by atoms with van der Waals surface area (Å²) in [7, 11) is 0. The molecule has 1 aromatic rings. The van der Waals surface area contributed by atoms with Crippen molar-refractivity contribution in [2.75, 3.05) is 13.2 Å². The second-order valence-electron chi connectivity index (χ2n) is 4.96. The van der Waals surface area contributed by atoms with Crippen molar-refractivity contribution in [3.63, 3.8) is 0 Å². The smallest absolute Gasteiger partial charge is 0.340 e. The molecule has 1 amide bonds. The van der Waals surface area contributed by atoms with Crippen molar-refractivity contribution < 1.29 is 28.8 Å². The Bertz CT molecular complexity index is 645. The molecule has 0 saturated carbocycles. The number of nitro benzene ring substituents is 1. The number of hydrogen-bond acceptors (Lipinski definition) is 8. The third-order valence-corrected chi connectivity index (χ3v) is 4.17. The number of amides is 1. The lowest BCUT2D eigenvalue weighted by molar-refractivity contribution is -0.384. The second kappa shape index (κ2) is 10.4. The Morgan fingerprint density at radius 2 is 1.62 bits per heavy atom. The highest BCUT2D eigenvalue weighted by Crippen LogP contribution is 2.25. The van der Waals surface area contributed by atoms with Gasteiger partial charge in [-0.15, -0.1) is 11.8 Å². The van der Waals surface area contributed by atoms with E-state index in [9.17, 15) is 24.5 Å². The maximum absolute atomic E-state index is 12.3. The first-order chi connectivity index (χ1) is 12.3. The van der Waals surface area contributed by atoms with Crippen LogP contribution in [0.25, 0.3) is 0 Å². The van der Waals surface area contributed by atoms with Crippen molar-refractivity contribution in [1.82, 2.24) is 5.32 Å². The van der Waals surface area contributed by atoms with Gasteiger partial charge in [0.05, 0.1) is 23.4 Å². The Hall–Kier alpha value is -2.62. The van der Waals surface area contributed by atoms with Gasteiger partial charge in [-0.05, 0) is 32.9 Å². The van der Waals surface area contributed by atoms with E-state index in [4.69, 9.17) is 9.47 Å². The highest BCUT2D eigenvalue weighted by molar-refractivity contribution is 8.00. The number of nitrogens with zero attached hydrogens (tertiary/aromatic N) is 1. The van der Waals surface area contributed by atoms with E-state index in [1.165, 1.54) is 24.3 Å². The summed E-state index contributed by atoms with van der Waals surface area (Å²) in [6.45, 7) is 4.84. The summed E-state index contributed by atoms with van der Waals surface area (Å²) in [4.78, 5) is 46.8. The van der Waals surface area contributed by atoms with Crippen LogP contribution < -0.4 is 5.32 Å². The number of nitro groups is 1. The number of carbonyl (C=O) groups excluding carboxylic acids is 3. The highest BCUT2D eigenvalue weighted by atomic mass is 32.2. The van der Waals surface area contributed by atoms with E-state index >= 15 is 0 Å². The van der Waals surface area contributed by atoms with Gasteiger partial charge >= 0.3 is 11.9 Å². The number of rotatable bonds is 9. The lowest BCUT2D eigenvalue weighted by Gasteiger charge is -2.18. The van der Waals surface area contributed by atoms with E-state index in [0.717, 1.165) is 11.8 Å². The van der Waals surface area contributed by atoms with E-state index in [1.54, 1.807) is 20.8 Å². The maximum atomic E-state index is 12.3. The van der Waals surface area contributed by atoms with Crippen molar-refractivity contribution in [3.8, 4) is 0 Å². The maximum Gasteiger partial charge on any atom is 0.340 e. The Morgan fingerprint density at radius 3 is 2.04 bits per heavy atom. The average molecular weight is 384 g/mol. The van der Waals surface area contributed by atoms with Gasteiger partial charge in [0.15, 0.2) is 0 Å². The number of carbonyl (C=O) groups is 3. The summed E-state index contributed by atoms with van der Waals surface area (Å²) in [5.74, 6) is -2.36. The minimum Gasteiger partial charge on any atom is -0.464 e. The zero-order valence-electron chi connectivity index (χ0n) is 14.6. The van der Waals surface area contributed by atoms with Crippen LogP contribution in [0.2, 0.25) is 0 Å². The first-order valence-corrected chi connectivity index (χ1v) is 8.72. The fourth-order valence-electron chi connectivity index (χ4n) is 1.83. The zero-order valence-corrected chi connectivity index (χ0v) is 15.4. The minimum atomic E-state index is -1.54. The minimum absolute atomic E-state index is 0.0533. The number of nitrogens with one attached hydrogen (secondary N) is 1. The van der Waals surface area contributed by atoms with E-state index in [-0.39, 0.29) is 18.9 Å². The van der Waals surface area contributed by atoms with Crippen molar-refractivity contribution >= 4 is 35.3 Å². The highest BCUT2D eigenvalue weighted by Gasteiger charge is 2.32. The number of hydrogen-bond donors (Lipinski definition) is 1. The van der Waals surface area contributed by atoms with Crippen LogP contribution in [0.1, 0.15) is 20.8 Å². The fourth-order valence-corrected chi connectivity index (χ4v) is 2.71. The first-order valence-electron chi connectivity index (χ1n) is 7.84. The average Bonchev–Trinajstić information content (AvgIpc) is 2.60. The van der Waals surface area contributed by atoms with Crippen molar-refractivity contribution in [1.29, 1.82) is 0 Å². The Kier molecular flexibility index (Phi) is 8.56. The van der Waals surface area contributed by atoms with Crippen molar-refractivity contribution in [3.05, 3.63) is 34.4 Å². The molecule has 26 heavy (non-hydrogen) atoms. The van der Waals surface area contributed by atoms with Crippen LogP contribution in [0.15, 0.2) is 29.2 Å². The summed E-state index contributed by atoms with van der Waals surface area (Å²) in [5, 5.41) is 12.3. The van der Waals surface area contributed by atoms with Crippen LogP contribution in [0.5, 0.6) is 0 Å². The molecule has 0 bridgehead atoms. The first kappa shape index (κ1) is 21.4. The predicted octanol–water partition coefficient (Wildman–Crippen LogP) is 1.69. The second-order valence-corrected chi connectivity index (χ2v) is 6.37. The van der Waals surface area contributed by atoms with Gasteiger partial charge in [0.2, 0.25) is 11.9 Å². The lowest BCUT2D eigenvalue weighted by atomic mass is 10.3. The molecular weight excluding hydrogens is 364 g/mol. The van der Waals surface area contributed by atoms with Crippen molar-refractivity contribution in [2.24, 2.45) is 0 Å². The van der Waals surface area contributed by atoms with Gasteiger partial charge in [0, 0.05) is 17.0 Å². The van der Waals surface area contributed by atoms with Crippen molar-refractivity contribution in [2.45, 2.75) is 37.0 Å². The van der Waals surface area contributed by atoms with Crippen LogP contribution >= 0.6 is 11.8 Å². The van der Waals surface area contributed by atoms with Crippen LogP contribution in [-0.4, -0.2) is 47.3 Å². The molecule has 0 radical (unpaired) electrons. The van der Waals surface area contributed by atoms with Gasteiger partial charge in [-0.3, -0.25) is 14.9 Å². The molecule has 0 fully saturated rings. The molecule has 0 spiro atoms. The molecule has 9 nitrogen and oxygen atoms in total. The summed E-state index contributed by atoms with van der Waals surface area (Å²) in [5.41, 5.74) is -0.0591. The molecule has 1 aromatic carbocycles. The molecule has 1 N–H and O–H groups in total. The Morgan fingerprint density at radius 1 is 1.12 bits per heavy atom. The number of non-ortho nitro benzene ring substituents is 1. The molecule has 1 atom stereocenters. The summed E-state index contributed by atoms with van der Waals surface area (Å²) in [6.07, 6.45) is 0. The topological polar surface area (TPSA) is 125 Å². The zero-order chi connectivity index (χ0) is 19.7.